The van der Waals surface area contributed by atoms with Crippen molar-refractivity contribution in [1.29, 1.82) is 0 Å². The average molecular weight is 228 g/mol. The van der Waals surface area contributed by atoms with Crippen LogP contribution in [0.2, 0.25) is 0 Å². The van der Waals surface area contributed by atoms with Gasteiger partial charge in [0.05, 0.1) is 5.01 Å². The first-order chi connectivity index (χ1) is 7.22. The van der Waals surface area contributed by atoms with Crippen molar-refractivity contribution >= 4 is 17.2 Å². The Hall–Kier alpha value is -1.14. The summed E-state index contributed by atoms with van der Waals surface area (Å²) in [5, 5.41) is 15.6. The van der Waals surface area contributed by atoms with Crippen LogP contribution >= 0.6 is 11.3 Å². The molecule has 0 radical (unpaired) electrons. The van der Waals surface area contributed by atoms with Crippen LogP contribution in [-0.2, 0) is 6.54 Å². The Morgan fingerprint density at radius 1 is 1.73 bits per heavy atom. The Kier molecular flexibility index (Phi) is 5.06. The minimum absolute atomic E-state index is 0.283. The lowest BCUT2D eigenvalue weighted by atomic mass is 10.3. The smallest absolute Gasteiger partial charge is 0.139 e. The van der Waals surface area contributed by atoms with Crippen molar-refractivity contribution in [2.45, 2.75) is 26.3 Å². The van der Waals surface area contributed by atoms with Gasteiger partial charge in [0.1, 0.15) is 5.84 Å². The topological polar surface area (TPSA) is 83.5 Å². The summed E-state index contributed by atoms with van der Waals surface area (Å²) in [6.45, 7) is 3.68. The van der Waals surface area contributed by atoms with Gasteiger partial charge in [-0.15, -0.1) is 11.3 Å². The third-order valence-electron chi connectivity index (χ3n) is 1.88. The molecule has 0 aromatic carbocycles. The molecule has 4 N–H and O–H groups in total. The zero-order valence-corrected chi connectivity index (χ0v) is 9.55. The fourth-order valence-electron chi connectivity index (χ4n) is 1.14. The van der Waals surface area contributed by atoms with Crippen LogP contribution in [0.15, 0.2) is 11.4 Å². The molecule has 6 heteroatoms. The fourth-order valence-corrected chi connectivity index (χ4v) is 1.91. The normalized spacial score (nSPS) is 11.9. The number of nitrogens with two attached hydrogens (primary N) is 1. The summed E-state index contributed by atoms with van der Waals surface area (Å²) >= 11 is 1.69. The quantitative estimate of drug-likeness (QED) is 0.223. The molecule has 15 heavy (non-hydrogen) atoms. The van der Waals surface area contributed by atoms with E-state index in [1.54, 1.807) is 11.3 Å². The first-order valence-electron chi connectivity index (χ1n) is 4.81. The molecule has 84 valence electrons. The number of oxime groups is 1. The highest BCUT2D eigenvalue weighted by Gasteiger charge is 1.97. The molecule has 5 nitrogen and oxygen atoms in total. The van der Waals surface area contributed by atoms with Crippen LogP contribution in [0.5, 0.6) is 0 Å². The van der Waals surface area contributed by atoms with E-state index in [4.69, 9.17) is 10.9 Å². The Bertz CT molecular complexity index is 324. The van der Waals surface area contributed by atoms with Gasteiger partial charge in [0.15, 0.2) is 0 Å². The van der Waals surface area contributed by atoms with Crippen LogP contribution in [0.25, 0.3) is 0 Å². The molecular weight excluding hydrogens is 212 g/mol. The summed E-state index contributed by atoms with van der Waals surface area (Å²) in [7, 11) is 0. The molecule has 0 saturated carbocycles. The number of aromatic nitrogens is 1. The van der Waals surface area contributed by atoms with Gasteiger partial charge in [-0.2, -0.15) is 0 Å². The monoisotopic (exact) mass is 228 g/mol. The molecule has 0 amide bonds. The van der Waals surface area contributed by atoms with E-state index in [0.717, 1.165) is 24.5 Å². The third kappa shape index (κ3) is 4.75. The lowest BCUT2D eigenvalue weighted by Gasteiger charge is -2.01. The summed E-state index contributed by atoms with van der Waals surface area (Å²) in [5.41, 5.74) is 5.33. The van der Waals surface area contributed by atoms with Gasteiger partial charge in [0, 0.05) is 24.0 Å². The number of nitrogens with zero attached hydrogens (tertiary/aromatic N) is 2. The van der Waals surface area contributed by atoms with E-state index >= 15 is 0 Å². The predicted molar refractivity (Wildman–Crippen MR) is 61.2 cm³/mol. The van der Waals surface area contributed by atoms with Crippen molar-refractivity contribution in [3.05, 3.63) is 16.1 Å². The van der Waals surface area contributed by atoms with Gasteiger partial charge in [-0.25, -0.2) is 4.98 Å². The molecule has 0 unspecified atom stereocenters. The Morgan fingerprint density at radius 2 is 2.53 bits per heavy atom. The zero-order valence-electron chi connectivity index (χ0n) is 8.73. The summed E-state index contributed by atoms with van der Waals surface area (Å²) in [5.74, 6) is 0.283. The first-order valence-corrected chi connectivity index (χ1v) is 5.62. The van der Waals surface area contributed by atoms with Gasteiger partial charge in [-0.1, -0.05) is 5.16 Å². The van der Waals surface area contributed by atoms with Crippen LogP contribution in [0.3, 0.4) is 0 Å². The maximum atomic E-state index is 8.31. The van der Waals surface area contributed by atoms with E-state index in [1.165, 1.54) is 4.88 Å². The van der Waals surface area contributed by atoms with Gasteiger partial charge in [0.2, 0.25) is 0 Å². The second-order valence-electron chi connectivity index (χ2n) is 3.22. The number of nitrogens with one attached hydrogen (secondary N) is 1. The van der Waals surface area contributed by atoms with Crippen molar-refractivity contribution in [3.63, 3.8) is 0 Å². The summed E-state index contributed by atoms with van der Waals surface area (Å²) in [4.78, 5) is 5.40. The molecule has 1 aromatic rings. The molecule has 0 saturated heterocycles. The van der Waals surface area contributed by atoms with Crippen LogP contribution < -0.4 is 11.1 Å². The lowest BCUT2D eigenvalue weighted by molar-refractivity contribution is 0.316. The second kappa shape index (κ2) is 6.36. The van der Waals surface area contributed by atoms with E-state index in [9.17, 15) is 0 Å². The number of thiazole rings is 1. The standard InChI is InChI=1S/C9H16N4OS/c1-7-12-6-8(15-7)5-11-4-2-3-9(10)13-14/h6,11,14H,2-5H2,1H3,(H2,10,13). The predicted octanol–water partition coefficient (Wildman–Crippen LogP) is 1.07. The molecule has 0 aliphatic rings. The van der Waals surface area contributed by atoms with E-state index < -0.39 is 0 Å². The van der Waals surface area contributed by atoms with E-state index in [0.29, 0.717) is 6.42 Å². The van der Waals surface area contributed by atoms with Crippen molar-refractivity contribution in [1.82, 2.24) is 10.3 Å². The number of aryl methyl sites for hydroxylation is 1. The lowest BCUT2D eigenvalue weighted by Crippen LogP contribution is -2.18. The number of hydrogen-bond acceptors (Lipinski definition) is 5. The van der Waals surface area contributed by atoms with Gasteiger partial charge in [0.25, 0.3) is 0 Å². The first kappa shape index (κ1) is 11.9. The zero-order chi connectivity index (χ0) is 11.1. The molecule has 1 heterocycles. The largest absolute Gasteiger partial charge is 0.409 e. The molecule has 0 aliphatic heterocycles. The summed E-state index contributed by atoms with van der Waals surface area (Å²) < 4.78 is 0. The van der Waals surface area contributed by atoms with Crippen LogP contribution in [0.1, 0.15) is 22.7 Å². The molecular formula is C9H16N4OS. The molecule has 1 rings (SSSR count). The van der Waals surface area contributed by atoms with Crippen LogP contribution in [0.4, 0.5) is 0 Å². The molecule has 0 fully saturated rings. The maximum absolute atomic E-state index is 8.31. The molecule has 0 bridgehead atoms. The molecule has 0 atom stereocenters. The van der Waals surface area contributed by atoms with Gasteiger partial charge in [-0.05, 0) is 19.9 Å². The Labute approximate surface area is 93.0 Å². The molecule has 1 aromatic heterocycles. The summed E-state index contributed by atoms with van der Waals surface area (Å²) in [6, 6.07) is 0. The van der Waals surface area contributed by atoms with Crippen molar-refractivity contribution in [2.24, 2.45) is 10.9 Å². The average Bonchev–Trinajstić information content (AvgIpc) is 2.63. The van der Waals surface area contributed by atoms with E-state index in [-0.39, 0.29) is 5.84 Å². The maximum Gasteiger partial charge on any atom is 0.139 e. The minimum atomic E-state index is 0.283. The highest BCUT2D eigenvalue weighted by atomic mass is 32.1. The molecule has 0 spiro atoms. The minimum Gasteiger partial charge on any atom is -0.409 e. The third-order valence-corrected chi connectivity index (χ3v) is 2.80. The highest BCUT2D eigenvalue weighted by molar-refractivity contribution is 7.11. The van der Waals surface area contributed by atoms with Gasteiger partial charge >= 0.3 is 0 Å². The second-order valence-corrected chi connectivity index (χ2v) is 4.54. The van der Waals surface area contributed by atoms with Crippen molar-refractivity contribution in [2.75, 3.05) is 6.54 Å². The Balaban J connectivity index is 2.07. The van der Waals surface area contributed by atoms with Crippen LogP contribution in [-0.4, -0.2) is 22.6 Å². The Morgan fingerprint density at radius 3 is 3.13 bits per heavy atom. The number of amidine groups is 1. The van der Waals surface area contributed by atoms with Crippen molar-refractivity contribution in [3.8, 4) is 0 Å². The number of hydrogen-bond donors (Lipinski definition) is 3. The van der Waals surface area contributed by atoms with E-state index in [1.807, 2.05) is 13.1 Å². The van der Waals surface area contributed by atoms with Crippen LogP contribution in [0, 0.1) is 6.92 Å². The number of rotatable bonds is 6. The van der Waals surface area contributed by atoms with E-state index in [2.05, 4.69) is 15.5 Å². The fraction of sp³-hybridized carbons (Fsp3) is 0.556. The SMILES string of the molecule is Cc1ncc(CNCCCC(N)=NO)s1. The van der Waals surface area contributed by atoms with Gasteiger partial charge in [-0.3, -0.25) is 0 Å². The highest BCUT2D eigenvalue weighted by Crippen LogP contribution is 2.10. The summed E-state index contributed by atoms with van der Waals surface area (Å²) in [6.07, 6.45) is 3.37. The molecule has 0 aliphatic carbocycles. The van der Waals surface area contributed by atoms with Gasteiger partial charge < -0.3 is 16.3 Å². The van der Waals surface area contributed by atoms with Crippen molar-refractivity contribution < 1.29 is 5.21 Å².